The molecule has 0 aliphatic carbocycles. The molecule has 1 saturated heterocycles. The predicted molar refractivity (Wildman–Crippen MR) is 76.0 cm³/mol. The summed E-state index contributed by atoms with van der Waals surface area (Å²) in [5.74, 6) is 0.747. The molecule has 0 saturated carbocycles. The van der Waals surface area contributed by atoms with Crippen molar-refractivity contribution in [2.45, 2.75) is 59.0 Å². The largest absolute Gasteiger partial charge is 0.444 e. The van der Waals surface area contributed by atoms with Crippen LogP contribution in [0.15, 0.2) is 0 Å². The zero-order valence-corrected chi connectivity index (χ0v) is 12.8. The van der Waals surface area contributed by atoms with Gasteiger partial charge < -0.3 is 14.7 Å². The summed E-state index contributed by atoms with van der Waals surface area (Å²) < 4.78 is 5.42. The van der Waals surface area contributed by atoms with Gasteiger partial charge in [-0.05, 0) is 45.4 Å². The average molecular weight is 271 g/mol. The number of piperidine rings is 1. The van der Waals surface area contributed by atoms with Crippen molar-refractivity contribution in [1.82, 2.24) is 4.90 Å². The summed E-state index contributed by atoms with van der Waals surface area (Å²) in [5.41, 5.74) is -0.441. The first-order valence-corrected chi connectivity index (χ1v) is 7.46. The van der Waals surface area contributed by atoms with E-state index >= 15 is 0 Å². The van der Waals surface area contributed by atoms with Crippen LogP contribution >= 0.6 is 0 Å². The topological polar surface area (TPSA) is 49.8 Å². The lowest BCUT2D eigenvalue weighted by molar-refractivity contribution is 0.00367. The average Bonchev–Trinajstić information content (AvgIpc) is 2.33. The van der Waals surface area contributed by atoms with E-state index in [2.05, 4.69) is 6.92 Å². The Balaban J connectivity index is 2.56. The third kappa shape index (κ3) is 5.39. The van der Waals surface area contributed by atoms with Crippen molar-refractivity contribution >= 4 is 6.09 Å². The molecule has 0 aromatic rings. The maximum atomic E-state index is 12.1. The Kier molecular flexibility index (Phi) is 6.11. The summed E-state index contributed by atoms with van der Waals surface area (Å²) in [6, 6.07) is 0. The third-order valence-electron chi connectivity index (χ3n) is 3.71. The molecule has 0 aromatic heterocycles. The minimum atomic E-state index is -0.441. The van der Waals surface area contributed by atoms with Crippen LogP contribution in [0.4, 0.5) is 4.79 Å². The van der Waals surface area contributed by atoms with Gasteiger partial charge in [-0.3, -0.25) is 0 Å². The SMILES string of the molecule is CCCCC1CN(C(=O)OC(C)(C)C)CCC1CO. The van der Waals surface area contributed by atoms with Gasteiger partial charge in [0.25, 0.3) is 0 Å². The van der Waals surface area contributed by atoms with Crippen LogP contribution in [0.25, 0.3) is 0 Å². The highest BCUT2D eigenvalue weighted by Crippen LogP contribution is 2.28. The molecule has 4 nitrogen and oxygen atoms in total. The number of nitrogens with zero attached hydrogens (tertiary/aromatic N) is 1. The maximum absolute atomic E-state index is 12.1. The van der Waals surface area contributed by atoms with Crippen molar-refractivity contribution in [3.63, 3.8) is 0 Å². The monoisotopic (exact) mass is 271 g/mol. The van der Waals surface area contributed by atoms with Crippen molar-refractivity contribution in [3.8, 4) is 0 Å². The van der Waals surface area contributed by atoms with Gasteiger partial charge in [-0.15, -0.1) is 0 Å². The van der Waals surface area contributed by atoms with Crippen molar-refractivity contribution in [2.24, 2.45) is 11.8 Å². The molecule has 0 aromatic carbocycles. The van der Waals surface area contributed by atoms with Gasteiger partial charge in [0.2, 0.25) is 0 Å². The fraction of sp³-hybridized carbons (Fsp3) is 0.933. The molecule has 0 radical (unpaired) electrons. The fourth-order valence-corrected chi connectivity index (χ4v) is 2.61. The second-order valence-electron chi connectivity index (χ2n) is 6.56. The van der Waals surface area contributed by atoms with Crippen LogP contribution in [0.3, 0.4) is 0 Å². The molecule has 1 fully saturated rings. The number of amides is 1. The van der Waals surface area contributed by atoms with Crippen LogP contribution in [0.5, 0.6) is 0 Å². The van der Waals surface area contributed by atoms with Crippen molar-refractivity contribution < 1.29 is 14.6 Å². The van der Waals surface area contributed by atoms with Crippen LogP contribution in [0.2, 0.25) is 0 Å². The summed E-state index contributed by atoms with van der Waals surface area (Å²) in [7, 11) is 0. The van der Waals surface area contributed by atoms with E-state index < -0.39 is 5.60 Å². The lowest BCUT2D eigenvalue weighted by Crippen LogP contribution is -2.46. The van der Waals surface area contributed by atoms with E-state index in [-0.39, 0.29) is 12.7 Å². The molecule has 0 bridgehead atoms. The normalized spacial score (nSPS) is 24.4. The Hall–Kier alpha value is -0.770. The van der Waals surface area contributed by atoms with Crippen LogP contribution in [-0.4, -0.2) is 41.4 Å². The summed E-state index contributed by atoms with van der Waals surface area (Å²) >= 11 is 0. The quantitative estimate of drug-likeness (QED) is 0.855. The van der Waals surface area contributed by atoms with Crippen LogP contribution < -0.4 is 0 Å². The zero-order valence-electron chi connectivity index (χ0n) is 12.8. The van der Waals surface area contributed by atoms with E-state index in [1.54, 1.807) is 4.90 Å². The number of unbranched alkanes of at least 4 members (excludes halogenated alkanes) is 1. The molecule has 4 heteroatoms. The highest BCUT2D eigenvalue weighted by molar-refractivity contribution is 5.68. The molecule has 2 atom stereocenters. The number of hydrogen-bond donors (Lipinski definition) is 1. The molecule has 1 aliphatic heterocycles. The molecular weight excluding hydrogens is 242 g/mol. The predicted octanol–water partition coefficient (Wildman–Crippen LogP) is 3.04. The summed E-state index contributed by atoms with van der Waals surface area (Å²) in [5, 5.41) is 9.44. The van der Waals surface area contributed by atoms with E-state index in [4.69, 9.17) is 4.74 Å². The van der Waals surface area contributed by atoms with Gasteiger partial charge in [0.1, 0.15) is 5.60 Å². The standard InChI is InChI=1S/C15H29NO3/c1-5-6-7-12-10-16(9-8-13(12)11-17)14(18)19-15(2,3)4/h12-13,17H,5-11H2,1-4H3. The van der Waals surface area contributed by atoms with E-state index in [1.807, 2.05) is 20.8 Å². The minimum absolute atomic E-state index is 0.217. The lowest BCUT2D eigenvalue weighted by atomic mass is 9.83. The van der Waals surface area contributed by atoms with Gasteiger partial charge in [0, 0.05) is 19.7 Å². The molecule has 1 amide bonds. The van der Waals surface area contributed by atoms with Crippen LogP contribution in [0, 0.1) is 11.8 Å². The molecule has 2 unspecified atom stereocenters. The summed E-state index contributed by atoms with van der Waals surface area (Å²) in [6.45, 7) is 9.49. The number of carbonyl (C=O) groups is 1. The number of aliphatic hydroxyl groups is 1. The van der Waals surface area contributed by atoms with Gasteiger partial charge in [-0.2, -0.15) is 0 Å². The molecule has 0 spiro atoms. The summed E-state index contributed by atoms with van der Waals surface area (Å²) in [4.78, 5) is 13.9. The van der Waals surface area contributed by atoms with Crippen LogP contribution in [-0.2, 0) is 4.74 Å². The second kappa shape index (κ2) is 7.13. The number of likely N-dealkylation sites (tertiary alicyclic amines) is 1. The number of ether oxygens (including phenoxy) is 1. The van der Waals surface area contributed by atoms with E-state index in [9.17, 15) is 9.90 Å². The number of aliphatic hydroxyl groups excluding tert-OH is 1. The van der Waals surface area contributed by atoms with E-state index in [1.165, 1.54) is 0 Å². The van der Waals surface area contributed by atoms with Gasteiger partial charge in [0.15, 0.2) is 0 Å². The molecular formula is C15H29NO3. The Morgan fingerprint density at radius 1 is 1.37 bits per heavy atom. The molecule has 19 heavy (non-hydrogen) atoms. The molecule has 112 valence electrons. The molecule has 1 rings (SSSR count). The minimum Gasteiger partial charge on any atom is -0.444 e. The fourth-order valence-electron chi connectivity index (χ4n) is 2.61. The van der Waals surface area contributed by atoms with Gasteiger partial charge in [-0.25, -0.2) is 4.79 Å². The first-order chi connectivity index (χ1) is 8.87. The smallest absolute Gasteiger partial charge is 0.410 e. The third-order valence-corrected chi connectivity index (χ3v) is 3.71. The number of carbonyl (C=O) groups excluding carboxylic acids is 1. The first-order valence-electron chi connectivity index (χ1n) is 7.46. The Morgan fingerprint density at radius 2 is 2.05 bits per heavy atom. The van der Waals surface area contributed by atoms with Crippen LogP contribution in [0.1, 0.15) is 53.4 Å². The molecule has 1 aliphatic rings. The highest BCUT2D eigenvalue weighted by Gasteiger charge is 2.32. The Bertz CT molecular complexity index is 286. The number of hydrogen-bond acceptors (Lipinski definition) is 3. The number of rotatable bonds is 4. The first kappa shape index (κ1) is 16.3. The summed E-state index contributed by atoms with van der Waals surface area (Å²) in [6.07, 6.45) is 4.06. The van der Waals surface area contributed by atoms with Crippen molar-refractivity contribution in [3.05, 3.63) is 0 Å². The highest BCUT2D eigenvalue weighted by atomic mass is 16.6. The van der Waals surface area contributed by atoms with Gasteiger partial charge in [0.05, 0.1) is 0 Å². The Morgan fingerprint density at radius 3 is 2.58 bits per heavy atom. The second-order valence-corrected chi connectivity index (χ2v) is 6.56. The maximum Gasteiger partial charge on any atom is 0.410 e. The van der Waals surface area contributed by atoms with Gasteiger partial charge in [-0.1, -0.05) is 19.8 Å². The zero-order chi connectivity index (χ0) is 14.5. The Labute approximate surface area is 117 Å². The van der Waals surface area contributed by atoms with Gasteiger partial charge >= 0.3 is 6.09 Å². The molecule has 1 N–H and O–H groups in total. The molecule has 1 heterocycles. The van der Waals surface area contributed by atoms with Crippen molar-refractivity contribution in [1.29, 1.82) is 0 Å². The lowest BCUT2D eigenvalue weighted by Gasteiger charge is -2.38. The van der Waals surface area contributed by atoms with E-state index in [0.717, 1.165) is 32.2 Å². The van der Waals surface area contributed by atoms with Crippen molar-refractivity contribution in [2.75, 3.05) is 19.7 Å². The van der Waals surface area contributed by atoms with E-state index in [0.29, 0.717) is 18.4 Å².